The van der Waals surface area contributed by atoms with Gasteiger partial charge in [-0.15, -0.1) is 0 Å². The summed E-state index contributed by atoms with van der Waals surface area (Å²) in [4.78, 5) is 13.6. The highest BCUT2D eigenvalue weighted by Crippen LogP contribution is 2.06. The van der Waals surface area contributed by atoms with Gasteiger partial charge in [-0.3, -0.25) is 4.79 Å². The molecule has 0 aromatic carbocycles. The second-order valence-corrected chi connectivity index (χ2v) is 4.33. The van der Waals surface area contributed by atoms with Gasteiger partial charge >= 0.3 is 0 Å². The van der Waals surface area contributed by atoms with Crippen molar-refractivity contribution in [1.29, 1.82) is 0 Å². The van der Waals surface area contributed by atoms with E-state index in [0.29, 0.717) is 6.54 Å². The number of hydrogen-bond donors (Lipinski definition) is 1. The third-order valence-corrected chi connectivity index (χ3v) is 2.94. The molecule has 0 atom stereocenters. The highest BCUT2D eigenvalue weighted by Gasteiger charge is 2.16. The Bertz CT molecular complexity index is 176. The van der Waals surface area contributed by atoms with Crippen LogP contribution in [0.1, 0.15) is 45.4 Å². The van der Waals surface area contributed by atoms with Crippen molar-refractivity contribution < 1.29 is 4.79 Å². The Morgan fingerprint density at radius 1 is 1.20 bits per heavy atom. The maximum atomic E-state index is 11.6. The number of carbonyl (C=O) groups excluding carboxylic acids is 1. The summed E-state index contributed by atoms with van der Waals surface area (Å²) in [6.45, 7) is 5.67. The minimum absolute atomic E-state index is 0.281. The van der Waals surface area contributed by atoms with Crippen molar-refractivity contribution in [3.8, 4) is 0 Å². The summed E-state index contributed by atoms with van der Waals surface area (Å²) in [6.07, 6.45) is 7.42. The summed E-state index contributed by atoms with van der Waals surface area (Å²) in [5.41, 5.74) is 0. The fraction of sp³-hybridized carbons (Fsp3) is 0.917. The van der Waals surface area contributed by atoms with E-state index in [-0.39, 0.29) is 5.91 Å². The lowest BCUT2D eigenvalue weighted by Gasteiger charge is -2.15. The van der Waals surface area contributed by atoms with Gasteiger partial charge in [0.25, 0.3) is 0 Å². The molecule has 3 heteroatoms. The van der Waals surface area contributed by atoms with Crippen molar-refractivity contribution in [3.63, 3.8) is 0 Å². The largest absolute Gasteiger partial charge is 0.342 e. The molecule has 1 N–H and O–H groups in total. The van der Waals surface area contributed by atoms with E-state index >= 15 is 0 Å². The zero-order valence-electron chi connectivity index (χ0n) is 9.93. The van der Waals surface area contributed by atoms with E-state index in [1.165, 1.54) is 38.5 Å². The summed E-state index contributed by atoms with van der Waals surface area (Å²) in [5.74, 6) is 0.281. The standard InChI is InChI=1S/C12H24N2O/c1-2-3-4-5-8-13-11-12(15)14-9-6-7-10-14/h13H,2-11H2,1H3. The van der Waals surface area contributed by atoms with Gasteiger partial charge in [0.05, 0.1) is 6.54 Å². The molecular weight excluding hydrogens is 188 g/mol. The molecule has 0 spiro atoms. The van der Waals surface area contributed by atoms with Crippen LogP contribution in [-0.2, 0) is 4.79 Å². The molecular formula is C12H24N2O. The average Bonchev–Trinajstić information content (AvgIpc) is 2.76. The van der Waals surface area contributed by atoms with Crippen LogP contribution in [0.3, 0.4) is 0 Å². The van der Waals surface area contributed by atoms with E-state index < -0.39 is 0 Å². The van der Waals surface area contributed by atoms with E-state index in [9.17, 15) is 4.79 Å². The van der Waals surface area contributed by atoms with Gasteiger partial charge in [-0.25, -0.2) is 0 Å². The molecule has 1 saturated heterocycles. The average molecular weight is 212 g/mol. The van der Waals surface area contributed by atoms with Gasteiger partial charge in [-0.1, -0.05) is 26.2 Å². The molecule has 1 aliphatic heterocycles. The van der Waals surface area contributed by atoms with E-state index in [0.717, 1.165) is 19.6 Å². The molecule has 1 amide bonds. The van der Waals surface area contributed by atoms with Crippen molar-refractivity contribution >= 4 is 5.91 Å². The fourth-order valence-corrected chi connectivity index (χ4v) is 1.95. The molecule has 0 saturated carbocycles. The summed E-state index contributed by atoms with van der Waals surface area (Å²) in [6, 6.07) is 0. The Labute approximate surface area is 93.2 Å². The minimum atomic E-state index is 0.281. The summed E-state index contributed by atoms with van der Waals surface area (Å²) in [5, 5.41) is 3.23. The maximum Gasteiger partial charge on any atom is 0.236 e. The molecule has 1 aliphatic rings. The highest BCUT2D eigenvalue weighted by molar-refractivity contribution is 5.78. The highest BCUT2D eigenvalue weighted by atomic mass is 16.2. The monoisotopic (exact) mass is 212 g/mol. The van der Waals surface area contributed by atoms with Crippen LogP contribution in [0.15, 0.2) is 0 Å². The normalized spacial score (nSPS) is 15.9. The van der Waals surface area contributed by atoms with Crippen molar-refractivity contribution in [2.45, 2.75) is 45.4 Å². The summed E-state index contributed by atoms with van der Waals surface area (Å²) >= 11 is 0. The molecule has 1 rings (SSSR count). The second-order valence-electron chi connectivity index (χ2n) is 4.33. The number of hydrogen-bond acceptors (Lipinski definition) is 2. The van der Waals surface area contributed by atoms with Crippen LogP contribution < -0.4 is 5.32 Å². The Kier molecular flexibility index (Phi) is 6.41. The van der Waals surface area contributed by atoms with E-state index in [2.05, 4.69) is 12.2 Å². The van der Waals surface area contributed by atoms with Crippen LogP contribution in [0.5, 0.6) is 0 Å². The fourth-order valence-electron chi connectivity index (χ4n) is 1.95. The maximum absolute atomic E-state index is 11.6. The zero-order valence-corrected chi connectivity index (χ0v) is 9.93. The SMILES string of the molecule is CCCCCCNCC(=O)N1CCCC1. The second kappa shape index (κ2) is 7.69. The first kappa shape index (κ1) is 12.5. The number of nitrogens with zero attached hydrogens (tertiary/aromatic N) is 1. The van der Waals surface area contributed by atoms with Gasteiger partial charge in [0.1, 0.15) is 0 Å². The van der Waals surface area contributed by atoms with E-state index in [1.807, 2.05) is 4.90 Å². The zero-order chi connectivity index (χ0) is 10.9. The third-order valence-electron chi connectivity index (χ3n) is 2.94. The molecule has 0 bridgehead atoms. The molecule has 0 aliphatic carbocycles. The first-order chi connectivity index (χ1) is 7.34. The molecule has 15 heavy (non-hydrogen) atoms. The Morgan fingerprint density at radius 3 is 2.60 bits per heavy atom. The van der Waals surface area contributed by atoms with Crippen molar-refractivity contribution in [3.05, 3.63) is 0 Å². The van der Waals surface area contributed by atoms with Crippen molar-refractivity contribution in [2.24, 2.45) is 0 Å². The Balaban J connectivity index is 1.92. The number of carbonyl (C=O) groups is 1. The molecule has 0 radical (unpaired) electrons. The lowest BCUT2D eigenvalue weighted by molar-refractivity contribution is -0.129. The van der Waals surface area contributed by atoms with E-state index in [4.69, 9.17) is 0 Å². The number of rotatable bonds is 7. The van der Waals surface area contributed by atoms with Crippen LogP contribution in [0, 0.1) is 0 Å². The van der Waals surface area contributed by atoms with Gasteiger partial charge in [0.15, 0.2) is 0 Å². The number of likely N-dealkylation sites (tertiary alicyclic amines) is 1. The van der Waals surface area contributed by atoms with Crippen molar-refractivity contribution in [1.82, 2.24) is 10.2 Å². The molecule has 0 aromatic heterocycles. The minimum Gasteiger partial charge on any atom is -0.342 e. The molecule has 1 heterocycles. The quantitative estimate of drug-likeness (QED) is 0.652. The third kappa shape index (κ3) is 5.17. The first-order valence-corrected chi connectivity index (χ1v) is 6.33. The lowest BCUT2D eigenvalue weighted by Crippen LogP contribution is -2.36. The van der Waals surface area contributed by atoms with Gasteiger partial charge in [-0.2, -0.15) is 0 Å². The molecule has 3 nitrogen and oxygen atoms in total. The number of nitrogens with one attached hydrogen (secondary N) is 1. The number of unbranched alkanes of at least 4 members (excludes halogenated alkanes) is 3. The summed E-state index contributed by atoms with van der Waals surface area (Å²) < 4.78 is 0. The molecule has 0 aromatic rings. The predicted octanol–water partition coefficient (Wildman–Crippen LogP) is 1.78. The topological polar surface area (TPSA) is 32.3 Å². The van der Waals surface area contributed by atoms with Gasteiger partial charge in [0.2, 0.25) is 5.91 Å². The van der Waals surface area contributed by atoms with Gasteiger partial charge in [-0.05, 0) is 25.8 Å². The van der Waals surface area contributed by atoms with Crippen LogP contribution in [0.2, 0.25) is 0 Å². The van der Waals surface area contributed by atoms with Crippen LogP contribution in [-0.4, -0.2) is 37.0 Å². The summed E-state index contributed by atoms with van der Waals surface area (Å²) in [7, 11) is 0. The van der Waals surface area contributed by atoms with E-state index in [1.54, 1.807) is 0 Å². The van der Waals surface area contributed by atoms with Crippen LogP contribution in [0.25, 0.3) is 0 Å². The van der Waals surface area contributed by atoms with Gasteiger partial charge < -0.3 is 10.2 Å². The van der Waals surface area contributed by atoms with Crippen molar-refractivity contribution in [2.75, 3.05) is 26.2 Å². The number of amides is 1. The van der Waals surface area contributed by atoms with Gasteiger partial charge in [0, 0.05) is 13.1 Å². The molecule has 0 unspecified atom stereocenters. The first-order valence-electron chi connectivity index (χ1n) is 6.33. The predicted molar refractivity (Wildman–Crippen MR) is 62.8 cm³/mol. The smallest absolute Gasteiger partial charge is 0.236 e. The Hall–Kier alpha value is -0.570. The Morgan fingerprint density at radius 2 is 1.93 bits per heavy atom. The van der Waals surface area contributed by atoms with Crippen LogP contribution in [0.4, 0.5) is 0 Å². The lowest BCUT2D eigenvalue weighted by atomic mass is 10.2. The molecule has 1 fully saturated rings. The van der Waals surface area contributed by atoms with Crippen LogP contribution >= 0.6 is 0 Å². The molecule has 88 valence electrons.